The number of carbonyl (C=O) groups excluding carboxylic acids is 1. The summed E-state index contributed by atoms with van der Waals surface area (Å²) in [7, 11) is 1.96. The molecule has 0 radical (unpaired) electrons. The van der Waals surface area contributed by atoms with Crippen LogP contribution >= 0.6 is 0 Å². The summed E-state index contributed by atoms with van der Waals surface area (Å²) in [6.45, 7) is 4.19. The van der Waals surface area contributed by atoms with Crippen molar-refractivity contribution in [3.8, 4) is 0 Å². The highest BCUT2D eigenvalue weighted by Gasteiger charge is 2.28. The third-order valence-corrected chi connectivity index (χ3v) is 4.04. The molecule has 0 bridgehead atoms. The Bertz CT molecular complexity index is 636. The quantitative estimate of drug-likeness (QED) is 0.918. The maximum atomic E-state index is 12.6. The number of imidazole rings is 1. The summed E-state index contributed by atoms with van der Waals surface area (Å²) in [6, 6.07) is 4.26. The zero-order valence-corrected chi connectivity index (χ0v) is 12.8. The number of nitrogens with zero attached hydrogens (tertiary/aromatic N) is 3. The van der Waals surface area contributed by atoms with Gasteiger partial charge in [0.15, 0.2) is 0 Å². The van der Waals surface area contributed by atoms with E-state index in [9.17, 15) is 4.79 Å². The topological polar surface area (TPSA) is 51.9 Å². The molecule has 0 unspecified atom stereocenters. The largest absolute Gasteiger partial charge is 0.341 e. The lowest BCUT2D eigenvalue weighted by molar-refractivity contribution is 0.0912. The van der Waals surface area contributed by atoms with E-state index in [1.807, 2.05) is 36.1 Å². The normalized spacial score (nSPS) is 16.2. The van der Waals surface area contributed by atoms with Gasteiger partial charge in [0.25, 0.3) is 5.91 Å². The van der Waals surface area contributed by atoms with Gasteiger partial charge >= 0.3 is 0 Å². The minimum Gasteiger partial charge on any atom is -0.341 e. The van der Waals surface area contributed by atoms with E-state index in [1.165, 1.54) is 12.8 Å². The highest BCUT2D eigenvalue weighted by molar-refractivity contribution is 5.93. The summed E-state index contributed by atoms with van der Waals surface area (Å²) in [5.74, 6) is 1.15. The summed E-state index contributed by atoms with van der Waals surface area (Å²) < 4.78 is 4.05. The van der Waals surface area contributed by atoms with Crippen LogP contribution in [0.2, 0.25) is 0 Å². The molecule has 0 aliphatic heterocycles. The van der Waals surface area contributed by atoms with Crippen LogP contribution in [-0.2, 0) is 7.05 Å². The first-order valence-electron chi connectivity index (χ1n) is 7.53. The molecule has 2 aromatic heterocycles. The first-order chi connectivity index (χ1) is 10.1. The molecule has 0 spiro atoms. The lowest BCUT2D eigenvalue weighted by atomic mass is 10.0. The van der Waals surface area contributed by atoms with Gasteiger partial charge < -0.3 is 14.5 Å². The van der Waals surface area contributed by atoms with Crippen LogP contribution in [-0.4, -0.2) is 20.0 Å². The molecular formula is C16H22N4O. The lowest BCUT2D eigenvalue weighted by Gasteiger charge is -2.22. The van der Waals surface area contributed by atoms with Crippen LogP contribution in [0.3, 0.4) is 0 Å². The fraction of sp³-hybridized carbons (Fsp3) is 0.500. The van der Waals surface area contributed by atoms with E-state index in [0.29, 0.717) is 6.04 Å². The third-order valence-electron chi connectivity index (χ3n) is 4.04. The summed E-state index contributed by atoms with van der Waals surface area (Å²) in [4.78, 5) is 17.0. The monoisotopic (exact) mass is 286 g/mol. The van der Waals surface area contributed by atoms with Gasteiger partial charge in [-0.25, -0.2) is 4.98 Å². The van der Waals surface area contributed by atoms with E-state index in [0.717, 1.165) is 11.5 Å². The molecule has 1 saturated carbocycles. The number of amides is 1. The predicted molar refractivity (Wildman–Crippen MR) is 81.0 cm³/mol. The molecule has 3 rings (SSSR count). The van der Waals surface area contributed by atoms with Crippen molar-refractivity contribution in [2.45, 2.75) is 38.8 Å². The fourth-order valence-electron chi connectivity index (χ4n) is 2.68. The molecular weight excluding hydrogens is 264 g/mol. The minimum atomic E-state index is -0.0833. The predicted octanol–water partition coefficient (Wildman–Crippen LogP) is 2.68. The van der Waals surface area contributed by atoms with Gasteiger partial charge in [-0.1, -0.05) is 13.8 Å². The summed E-state index contributed by atoms with van der Waals surface area (Å²) in [5, 5.41) is 3.14. The summed E-state index contributed by atoms with van der Waals surface area (Å²) in [6.07, 6.45) is 8.01. The first kappa shape index (κ1) is 13.9. The molecule has 0 saturated heterocycles. The second-order valence-electron chi connectivity index (χ2n) is 6.12. The number of rotatable bonds is 5. The average Bonchev–Trinajstić information content (AvgIpc) is 3.01. The van der Waals surface area contributed by atoms with Crippen LogP contribution in [0.5, 0.6) is 0 Å². The lowest BCUT2D eigenvalue weighted by Crippen LogP contribution is -2.34. The Labute approximate surface area is 125 Å². The van der Waals surface area contributed by atoms with Gasteiger partial charge in [0, 0.05) is 31.7 Å². The molecule has 2 heterocycles. The molecule has 0 aromatic carbocycles. The van der Waals surface area contributed by atoms with Crippen molar-refractivity contribution in [1.82, 2.24) is 19.4 Å². The van der Waals surface area contributed by atoms with E-state index < -0.39 is 0 Å². The van der Waals surface area contributed by atoms with Crippen molar-refractivity contribution in [3.05, 3.63) is 42.2 Å². The average molecular weight is 286 g/mol. The Balaban J connectivity index is 1.81. The van der Waals surface area contributed by atoms with Crippen LogP contribution in [0.15, 0.2) is 30.7 Å². The molecule has 21 heavy (non-hydrogen) atoms. The Morgan fingerprint density at radius 3 is 2.71 bits per heavy atom. The molecule has 5 nitrogen and oxygen atoms in total. The Morgan fingerprint density at radius 2 is 2.14 bits per heavy atom. The second kappa shape index (κ2) is 5.39. The Kier molecular flexibility index (Phi) is 3.57. The van der Waals surface area contributed by atoms with Gasteiger partial charge in [0.2, 0.25) is 0 Å². The SMILES string of the molecule is CC(C)[C@H](NC(=O)c1cccn1C1CC1)c1nccn1C. The van der Waals surface area contributed by atoms with Gasteiger partial charge in [0.1, 0.15) is 11.5 Å². The van der Waals surface area contributed by atoms with Crippen molar-refractivity contribution in [1.29, 1.82) is 0 Å². The Hall–Kier alpha value is -2.04. The third kappa shape index (κ3) is 2.73. The highest BCUT2D eigenvalue weighted by Crippen LogP contribution is 2.36. The molecule has 5 heteroatoms. The molecule has 1 N–H and O–H groups in total. The minimum absolute atomic E-state index is 0.0198. The van der Waals surface area contributed by atoms with E-state index in [-0.39, 0.29) is 17.9 Å². The number of nitrogens with one attached hydrogen (secondary N) is 1. The maximum absolute atomic E-state index is 12.6. The molecule has 1 atom stereocenters. The van der Waals surface area contributed by atoms with E-state index in [1.54, 1.807) is 6.20 Å². The maximum Gasteiger partial charge on any atom is 0.268 e. The van der Waals surface area contributed by atoms with E-state index >= 15 is 0 Å². The van der Waals surface area contributed by atoms with Crippen LogP contribution in [0, 0.1) is 5.92 Å². The summed E-state index contributed by atoms with van der Waals surface area (Å²) >= 11 is 0. The van der Waals surface area contributed by atoms with Crippen molar-refractivity contribution in [2.24, 2.45) is 13.0 Å². The zero-order valence-electron chi connectivity index (χ0n) is 12.8. The van der Waals surface area contributed by atoms with Crippen molar-refractivity contribution < 1.29 is 4.79 Å². The fourth-order valence-corrected chi connectivity index (χ4v) is 2.68. The first-order valence-corrected chi connectivity index (χ1v) is 7.53. The second-order valence-corrected chi connectivity index (χ2v) is 6.12. The molecule has 2 aromatic rings. The molecule has 1 aliphatic rings. The van der Waals surface area contributed by atoms with Crippen molar-refractivity contribution in [2.75, 3.05) is 0 Å². The van der Waals surface area contributed by atoms with Crippen molar-refractivity contribution >= 4 is 5.91 Å². The van der Waals surface area contributed by atoms with Crippen LogP contribution < -0.4 is 5.32 Å². The van der Waals surface area contributed by atoms with Crippen LogP contribution in [0.4, 0.5) is 0 Å². The van der Waals surface area contributed by atoms with Crippen LogP contribution in [0.25, 0.3) is 0 Å². The standard InChI is InChI=1S/C16H22N4O/c1-11(2)14(15-17-8-10-19(15)3)18-16(21)13-5-4-9-20(13)12-6-7-12/h4-5,8-12,14H,6-7H2,1-3H3,(H,18,21)/t14-/m0/s1. The number of aromatic nitrogens is 3. The van der Waals surface area contributed by atoms with Crippen molar-refractivity contribution in [3.63, 3.8) is 0 Å². The number of carbonyl (C=O) groups is 1. The number of aryl methyl sites for hydroxylation is 1. The molecule has 112 valence electrons. The van der Waals surface area contributed by atoms with E-state index in [4.69, 9.17) is 0 Å². The Morgan fingerprint density at radius 1 is 1.38 bits per heavy atom. The van der Waals surface area contributed by atoms with Gasteiger partial charge in [-0.05, 0) is 30.9 Å². The molecule has 1 fully saturated rings. The smallest absolute Gasteiger partial charge is 0.268 e. The molecule has 1 amide bonds. The van der Waals surface area contributed by atoms with Gasteiger partial charge in [-0.2, -0.15) is 0 Å². The number of hydrogen-bond acceptors (Lipinski definition) is 2. The van der Waals surface area contributed by atoms with Gasteiger partial charge in [0.05, 0.1) is 6.04 Å². The van der Waals surface area contributed by atoms with Crippen LogP contribution in [0.1, 0.15) is 55.1 Å². The summed E-state index contributed by atoms with van der Waals surface area (Å²) in [5.41, 5.74) is 0.748. The van der Waals surface area contributed by atoms with Gasteiger partial charge in [-0.15, -0.1) is 0 Å². The highest BCUT2D eigenvalue weighted by atomic mass is 16.2. The number of hydrogen-bond donors (Lipinski definition) is 1. The molecule has 1 aliphatic carbocycles. The van der Waals surface area contributed by atoms with Gasteiger partial charge in [-0.3, -0.25) is 4.79 Å². The zero-order chi connectivity index (χ0) is 15.0. The van der Waals surface area contributed by atoms with E-state index in [2.05, 4.69) is 28.7 Å².